The summed E-state index contributed by atoms with van der Waals surface area (Å²) in [6.45, 7) is 2.08. The minimum Gasteiger partial charge on any atom is -0.346 e. The summed E-state index contributed by atoms with van der Waals surface area (Å²) in [4.78, 5) is 20.7. The number of hydrogen-bond acceptors (Lipinski definition) is 3. The van der Waals surface area contributed by atoms with Crippen LogP contribution in [-0.2, 0) is 6.54 Å². The number of hydrogen-bond donors (Lipinski definition) is 1. The molecule has 0 saturated heterocycles. The highest BCUT2D eigenvalue weighted by molar-refractivity contribution is 5.98. The van der Waals surface area contributed by atoms with Gasteiger partial charge in [-0.2, -0.15) is 0 Å². The standard InChI is InChI=1S/C17H14FN3O/c1-11-15(8-12-5-6-13(18)9-16(12)21-11)17(22)20-10-14-4-2-3-7-19-14/h2-9H,10H2,1H3,(H,20,22). The zero-order chi connectivity index (χ0) is 15.5. The Labute approximate surface area is 127 Å². The molecule has 0 aliphatic rings. The molecule has 1 amide bonds. The van der Waals surface area contributed by atoms with E-state index in [0.29, 0.717) is 23.3 Å². The van der Waals surface area contributed by atoms with Gasteiger partial charge in [-0.25, -0.2) is 4.39 Å². The Morgan fingerprint density at radius 1 is 1.23 bits per heavy atom. The number of rotatable bonds is 3. The summed E-state index contributed by atoms with van der Waals surface area (Å²) < 4.78 is 13.2. The Balaban J connectivity index is 1.84. The van der Waals surface area contributed by atoms with E-state index < -0.39 is 0 Å². The molecule has 0 aliphatic carbocycles. The second kappa shape index (κ2) is 5.89. The Bertz CT molecular complexity index is 834. The van der Waals surface area contributed by atoms with Crippen molar-refractivity contribution in [3.05, 3.63) is 71.4 Å². The zero-order valence-electron chi connectivity index (χ0n) is 12.0. The van der Waals surface area contributed by atoms with Gasteiger partial charge in [-0.3, -0.25) is 14.8 Å². The minimum atomic E-state index is -0.341. The van der Waals surface area contributed by atoms with Crippen LogP contribution in [0.25, 0.3) is 10.9 Å². The first kappa shape index (κ1) is 14.1. The van der Waals surface area contributed by atoms with E-state index in [-0.39, 0.29) is 11.7 Å². The maximum Gasteiger partial charge on any atom is 0.253 e. The molecule has 4 nitrogen and oxygen atoms in total. The molecule has 0 saturated carbocycles. The van der Waals surface area contributed by atoms with Gasteiger partial charge in [-0.1, -0.05) is 6.07 Å². The minimum absolute atomic E-state index is 0.220. The lowest BCUT2D eigenvalue weighted by atomic mass is 10.1. The largest absolute Gasteiger partial charge is 0.346 e. The molecule has 0 bridgehead atoms. The fraction of sp³-hybridized carbons (Fsp3) is 0.118. The van der Waals surface area contributed by atoms with Crippen LogP contribution < -0.4 is 5.32 Å². The molecule has 0 aliphatic heterocycles. The molecule has 3 aromatic rings. The average Bonchev–Trinajstić information content (AvgIpc) is 2.53. The molecular weight excluding hydrogens is 281 g/mol. The first-order valence-electron chi connectivity index (χ1n) is 6.88. The summed E-state index contributed by atoms with van der Waals surface area (Å²) in [5.74, 6) is -0.561. The van der Waals surface area contributed by atoms with Crippen LogP contribution in [0.1, 0.15) is 21.7 Å². The van der Waals surface area contributed by atoms with Crippen molar-refractivity contribution in [1.29, 1.82) is 0 Å². The second-order valence-electron chi connectivity index (χ2n) is 4.96. The Hall–Kier alpha value is -2.82. The number of carbonyl (C=O) groups is 1. The van der Waals surface area contributed by atoms with E-state index in [1.165, 1.54) is 12.1 Å². The first-order chi connectivity index (χ1) is 10.6. The van der Waals surface area contributed by atoms with Crippen molar-refractivity contribution >= 4 is 16.8 Å². The number of nitrogens with zero attached hydrogens (tertiary/aromatic N) is 2. The third-order valence-electron chi connectivity index (χ3n) is 3.37. The van der Waals surface area contributed by atoms with Crippen LogP contribution in [0.4, 0.5) is 4.39 Å². The van der Waals surface area contributed by atoms with E-state index in [2.05, 4.69) is 15.3 Å². The zero-order valence-corrected chi connectivity index (χ0v) is 12.0. The lowest BCUT2D eigenvalue weighted by Gasteiger charge is -2.08. The quantitative estimate of drug-likeness (QED) is 0.808. The summed E-state index contributed by atoms with van der Waals surface area (Å²) in [5.41, 5.74) is 2.37. The Morgan fingerprint density at radius 3 is 2.86 bits per heavy atom. The van der Waals surface area contributed by atoms with Gasteiger partial charge in [0.15, 0.2) is 0 Å². The first-order valence-corrected chi connectivity index (χ1v) is 6.88. The number of aryl methyl sites for hydroxylation is 1. The monoisotopic (exact) mass is 295 g/mol. The molecule has 0 radical (unpaired) electrons. The maximum atomic E-state index is 13.2. The second-order valence-corrected chi connectivity index (χ2v) is 4.96. The smallest absolute Gasteiger partial charge is 0.253 e. The van der Waals surface area contributed by atoms with Crippen molar-refractivity contribution < 1.29 is 9.18 Å². The summed E-state index contributed by atoms with van der Waals surface area (Å²) in [6.07, 6.45) is 1.68. The van der Waals surface area contributed by atoms with Gasteiger partial charge in [-0.05, 0) is 37.3 Å². The van der Waals surface area contributed by atoms with Gasteiger partial charge in [0.25, 0.3) is 5.91 Å². The summed E-state index contributed by atoms with van der Waals surface area (Å²) in [6, 6.07) is 11.6. The Morgan fingerprint density at radius 2 is 2.09 bits per heavy atom. The van der Waals surface area contributed by atoms with E-state index in [1.54, 1.807) is 25.3 Å². The van der Waals surface area contributed by atoms with Crippen molar-refractivity contribution in [2.24, 2.45) is 0 Å². The van der Waals surface area contributed by atoms with Crippen molar-refractivity contribution in [2.75, 3.05) is 0 Å². The fourth-order valence-corrected chi connectivity index (χ4v) is 2.24. The number of carbonyl (C=O) groups excluding carboxylic acids is 1. The predicted octanol–water partition coefficient (Wildman–Crippen LogP) is 3.01. The van der Waals surface area contributed by atoms with Crippen molar-refractivity contribution in [3.8, 4) is 0 Å². The van der Waals surface area contributed by atoms with Crippen LogP contribution in [-0.4, -0.2) is 15.9 Å². The number of halogens is 1. The van der Waals surface area contributed by atoms with E-state index in [4.69, 9.17) is 0 Å². The predicted molar refractivity (Wildman–Crippen MR) is 81.8 cm³/mol. The lowest BCUT2D eigenvalue weighted by Crippen LogP contribution is -2.24. The van der Waals surface area contributed by atoms with Gasteiger partial charge in [0.1, 0.15) is 5.82 Å². The van der Waals surface area contributed by atoms with E-state index in [1.807, 2.05) is 18.2 Å². The third-order valence-corrected chi connectivity index (χ3v) is 3.37. The molecule has 5 heteroatoms. The maximum absolute atomic E-state index is 13.2. The highest BCUT2D eigenvalue weighted by atomic mass is 19.1. The number of pyridine rings is 2. The molecule has 1 N–H and O–H groups in total. The number of nitrogens with one attached hydrogen (secondary N) is 1. The van der Waals surface area contributed by atoms with Gasteiger partial charge in [0.05, 0.1) is 29.0 Å². The lowest BCUT2D eigenvalue weighted by molar-refractivity contribution is 0.0949. The number of aromatic nitrogens is 2. The van der Waals surface area contributed by atoms with Crippen LogP contribution >= 0.6 is 0 Å². The summed E-state index contributed by atoms with van der Waals surface area (Å²) in [5, 5.41) is 3.55. The molecular formula is C17H14FN3O. The van der Waals surface area contributed by atoms with Crippen LogP contribution in [0.15, 0.2) is 48.7 Å². The number of amides is 1. The molecule has 0 unspecified atom stereocenters. The van der Waals surface area contributed by atoms with Gasteiger partial charge in [-0.15, -0.1) is 0 Å². The molecule has 0 spiro atoms. The molecule has 0 atom stereocenters. The number of benzene rings is 1. The van der Waals surface area contributed by atoms with Crippen LogP contribution in [0.2, 0.25) is 0 Å². The van der Waals surface area contributed by atoms with Crippen molar-refractivity contribution in [1.82, 2.24) is 15.3 Å². The summed E-state index contributed by atoms with van der Waals surface area (Å²) >= 11 is 0. The topological polar surface area (TPSA) is 54.9 Å². The van der Waals surface area contributed by atoms with Gasteiger partial charge >= 0.3 is 0 Å². The van der Waals surface area contributed by atoms with E-state index in [9.17, 15) is 9.18 Å². The van der Waals surface area contributed by atoms with Crippen molar-refractivity contribution in [2.45, 2.75) is 13.5 Å². The van der Waals surface area contributed by atoms with Crippen LogP contribution in [0.5, 0.6) is 0 Å². The molecule has 2 heterocycles. The molecule has 110 valence electrons. The third kappa shape index (κ3) is 2.93. The van der Waals surface area contributed by atoms with Gasteiger partial charge in [0, 0.05) is 17.6 Å². The SMILES string of the molecule is Cc1nc2cc(F)ccc2cc1C(=O)NCc1ccccn1. The summed E-state index contributed by atoms with van der Waals surface area (Å²) in [7, 11) is 0. The number of fused-ring (bicyclic) bond motifs is 1. The highest BCUT2D eigenvalue weighted by Gasteiger charge is 2.12. The van der Waals surface area contributed by atoms with Crippen LogP contribution in [0.3, 0.4) is 0 Å². The molecule has 1 aromatic carbocycles. The van der Waals surface area contributed by atoms with Gasteiger partial charge < -0.3 is 5.32 Å². The Kier molecular flexibility index (Phi) is 3.78. The van der Waals surface area contributed by atoms with E-state index in [0.717, 1.165) is 11.1 Å². The molecule has 3 rings (SSSR count). The normalized spacial score (nSPS) is 10.6. The molecule has 22 heavy (non-hydrogen) atoms. The molecule has 0 fully saturated rings. The van der Waals surface area contributed by atoms with Crippen molar-refractivity contribution in [3.63, 3.8) is 0 Å². The van der Waals surface area contributed by atoms with E-state index >= 15 is 0 Å². The van der Waals surface area contributed by atoms with Gasteiger partial charge in [0.2, 0.25) is 0 Å². The van der Waals surface area contributed by atoms with Crippen LogP contribution in [0, 0.1) is 12.7 Å². The average molecular weight is 295 g/mol. The fourth-order valence-electron chi connectivity index (χ4n) is 2.24. The highest BCUT2D eigenvalue weighted by Crippen LogP contribution is 2.17. The molecule has 2 aromatic heterocycles.